The van der Waals surface area contributed by atoms with Gasteiger partial charge in [-0.25, -0.2) is 13.2 Å². The Morgan fingerprint density at radius 2 is 1.77 bits per heavy atom. The van der Waals surface area contributed by atoms with Gasteiger partial charge < -0.3 is 16.0 Å². The molecule has 30 heavy (non-hydrogen) atoms. The van der Waals surface area contributed by atoms with E-state index in [0.717, 1.165) is 6.07 Å². The molecule has 158 valence electrons. The highest BCUT2D eigenvalue weighted by molar-refractivity contribution is 6.04. The number of hydrogen-bond acceptors (Lipinski definition) is 3. The summed E-state index contributed by atoms with van der Waals surface area (Å²) in [5.74, 6) is -4.41. The Kier molecular flexibility index (Phi) is 6.26. The predicted molar refractivity (Wildman–Crippen MR) is 107 cm³/mol. The Balaban J connectivity index is 1.74. The highest BCUT2D eigenvalue weighted by Gasteiger charge is 2.29. The maximum Gasteiger partial charge on any atom is 0.253 e. The molecule has 0 bridgehead atoms. The molecule has 5 nitrogen and oxygen atoms in total. The lowest BCUT2D eigenvalue weighted by molar-refractivity contribution is -0.113. The third-order valence-electron chi connectivity index (χ3n) is 5.09. The van der Waals surface area contributed by atoms with E-state index < -0.39 is 29.4 Å². The number of nitrogens with two attached hydrogens (primary N) is 1. The first-order chi connectivity index (χ1) is 14.2. The first-order valence-corrected chi connectivity index (χ1v) is 9.39. The third-order valence-corrected chi connectivity index (χ3v) is 5.09. The second kappa shape index (κ2) is 8.71. The van der Waals surface area contributed by atoms with Crippen LogP contribution >= 0.6 is 0 Å². The summed E-state index contributed by atoms with van der Waals surface area (Å²) in [6.07, 6.45) is 1.98. The lowest BCUT2D eigenvalue weighted by atomic mass is 9.80. The number of nitrogens with zero attached hydrogens (tertiary/aromatic N) is 1. The molecular formula is C22H22F3N3O2. The first-order valence-electron chi connectivity index (χ1n) is 9.39. The fourth-order valence-corrected chi connectivity index (χ4v) is 3.49. The fourth-order valence-electron chi connectivity index (χ4n) is 3.49. The van der Waals surface area contributed by atoms with Gasteiger partial charge in [0.15, 0.2) is 11.6 Å². The maximum atomic E-state index is 14.1. The molecule has 0 aromatic heterocycles. The van der Waals surface area contributed by atoms with Crippen LogP contribution in [0, 0.1) is 17.5 Å². The van der Waals surface area contributed by atoms with Crippen molar-refractivity contribution < 1.29 is 22.8 Å². The number of benzene rings is 2. The van der Waals surface area contributed by atoms with Gasteiger partial charge in [-0.2, -0.15) is 0 Å². The van der Waals surface area contributed by atoms with E-state index in [4.69, 9.17) is 5.73 Å². The van der Waals surface area contributed by atoms with Gasteiger partial charge in [-0.05, 0) is 42.7 Å². The van der Waals surface area contributed by atoms with E-state index in [1.165, 1.54) is 4.90 Å². The Morgan fingerprint density at radius 3 is 2.43 bits per heavy atom. The number of amides is 2. The summed E-state index contributed by atoms with van der Waals surface area (Å²) in [7, 11) is 3.27. The van der Waals surface area contributed by atoms with Gasteiger partial charge in [0.1, 0.15) is 5.82 Å². The molecule has 0 saturated carbocycles. The third kappa shape index (κ3) is 4.54. The summed E-state index contributed by atoms with van der Waals surface area (Å²) in [5, 5.41) is 2.73. The highest BCUT2D eigenvalue weighted by atomic mass is 19.2. The van der Waals surface area contributed by atoms with Crippen LogP contribution in [0.15, 0.2) is 48.0 Å². The van der Waals surface area contributed by atoms with E-state index in [2.05, 4.69) is 5.32 Å². The second-order valence-electron chi connectivity index (χ2n) is 7.46. The molecule has 8 heteroatoms. The molecule has 0 saturated heterocycles. The zero-order valence-electron chi connectivity index (χ0n) is 16.6. The second-order valence-corrected chi connectivity index (χ2v) is 7.46. The van der Waals surface area contributed by atoms with E-state index in [9.17, 15) is 22.8 Å². The van der Waals surface area contributed by atoms with Crippen molar-refractivity contribution in [1.82, 2.24) is 4.90 Å². The summed E-state index contributed by atoms with van der Waals surface area (Å²) in [6, 6.07) is 7.23. The quantitative estimate of drug-likeness (QED) is 0.747. The van der Waals surface area contributed by atoms with Crippen molar-refractivity contribution in [3.05, 3.63) is 76.6 Å². The monoisotopic (exact) mass is 417 g/mol. The van der Waals surface area contributed by atoms with Crippen LogP contribution < -0.4 is 11.1 Å². The normalized spacial score (nSPS) is 18.5. The minimum atomic E-state index is -1.26. The summed E-state index contributed by atoms with van der Waals surface area (Å²) >= 11 is 0. The van der Waals surface area contributed by atoms with Crippen molar-refractivity contribution in [2.24, 2.45) is 5.73 Å². The van der Waals surface area contributed by atoms with Gasteiger partial charge in [0.2, 0.25) is 0 Å². The van der Waals surface area contributed by atoms with Gasteiger partial charge in [0.05, 0.1) is 0 Å². The van der Waals surface area contributed by atoms with Crippen LogP contribution in [0.4, 0.5) is 18.9 Å². The van der Waals surface area contributed by atoms with Crippen LogP contribution in [0.1, 0.15) is 34.7 Å². The highest BCUT2D eigenvalue weighted by Crippen LogP contribution is 2.34. The van der Waals surface area contributed by atoms with Crippen molar-refractivity contribution in [1.29, 1.82) is 0 Å². The lowest BCUT2D eigenvalue weighted by Crippen LogP contribution is -2.34. The number of nitrogens with one attached hydrogen (secondary N) is 1. The number of allylic oxidation sites excluding steroid dienone is 1. The van der Waals surface area contributed by atoms with Crippen LogP contribution in [-0.4, -0.2) is 36.9 Å². The Hall–Kier alpha value is -3.13. The maximum absolute atomic E-state index is 14.1. The minimum absolute atomic E-state index is 0.00740. The molecule has 0 spiro atoms. The molecule has 2 amide bonds. The Labute approximate surface area is 172 Å². The van der Waals surface area contributed by atoms with E-state index in [-0.39, 0.29) is 30.2 Å². The molecule has 1 aliphatic rings. The zero-order chi connectivity index (χ0) is 22.0. The van der Waals surface area contributed by atoms with Crippen LogP contribution in [0.2, 0.25) is 0 Å². The first kappa shape index (κ1) is 21.6. The van der Waals surface area contributed by atoms with E-state index in [1.54, 1.807) is 44.4 Å². The minimum Gasteiger partial charge on any atom is -0.345 e. The smallest absolute Gasteiger partial charge is 0.253 e. The molecule has 1 aliphatic carbocycles. The molecule has 2 atom stereocenters. The Bertz CT molecular complexity index is 1020. The predicted octanol–water partition coefficient (Wildman–Crippen LogP) is 3.58. The van der Waals surface area contributed by atoms with Crippen LogP contribution in [-0.2, 0) is 4.79 Å². The van der Waals surface area contributed by atoms with E-state index >= 15 is 0 Å². The van der Waals surface area contributed by atoms with Gasteiger partial charge in [-0.3, -0.25) is 9.59 Å². The number of anilines is 1. The van der Waals surface area contributed by atoms with Crippen LogP contribution in [0.3, 0.4) is 0 Å². The topological polar surface area (TPSA) is 75.4 Å². The van der Waals surface area contributed by atoms with Crippen molar-refractivity contribution >= 4 is 17.5 Å². The molecule has 2 aromatic carbocycles. The SMILES string of the molecule is CN(C)C(=O)c1cccc(NC(=O)C2=CCC(c3cc(F)c(F)cc3F)C(N)C2)c1. The zero-order valence-corrected chi connectivity index (χ0v) is 16.6. The number of halogens is 3. The Morgan fingerprint density at radius 1 is 1.07 bits per heavy atom. The van der Waals surface area contributed by atoms with Gasteiger partial charge in [-0.1, -0.05) is 12.1 Å². The molecule has 0 fully saturated rings. The molecule has 0 radical (unpaired) electrons. The fraction of sp³-hybridized carbons (Fsp3) is 0.273. The van der Waals surface area contributed by atoms with Crippen molar-refractivity contribution in [3.8, 4) is 0 Å². The van der Waals surface area contributed by atoms with E-state index in [1.807, 2.05) is 0 Å². The van der Waals surface area contributed by atoms with Gasteiger partial charge in [0, 0.05) is 48.9 Å². The van der Waals surface area contributed by atoms with Crippen LogP contribution in [0.25, 0.3) is 0 Å². The summed E-state index contributed by atoms with van der Waals surface area (Å²) in [4.78, 5) is 26.1. The average Bonchev–Trinajstić information content (AvgIpc) is 2.70. The molecule has 2 aromatic rings. The largest absolute Gasteiger partial charge is 0.345 e. The molecule has 3 rings (SSSR count). The number of carbonyl (C=O) groups excluding carboxylic acids is 2. The average molecular weight is 417 g/mol. The van der Waals surface area contributed by atoms with E-state index in [0.29, 0.717) is 22.9 Å². The number of hydrogen-bond donors (Lipinski definition) is 2. The van der Waals surface area contributed by atoms with Gasteiger partial charge >= 0.3 is 0 Å². The summed E-state index contributed by atoms with van der Waals surface area (Å²) < 4.78 is 40.8. The van der Waals surface area contributed by atoms with Crippen molar-refractivity contribution in [3.63, 3.8) is 0 Å². The molecular weight excluding hydrogens is 395 g/mol. The molecule has 2 unspecified atom stereocenters. The van der Waals surface area contributed by atoms with Gasteiger partial charge in [-0.15, -0.1) is 0 Å². The molecule has 0 aliphatic heterocycles. The molecule has 3 N–H and O–H groups in total. The standard InChI is InChI=1S/C22H22F3N3O2/c1-28(2)22(30)13-4-3-5-14(8-13)27-21(29)12-6-7-15(20(26)9-12)16-10-18(24)19(25)11-17(16)23/h3-6,8,10-11,15,20H,7,9,26H2,1-2H3,(H,27,29). The molecule has 0 heterocycles. The van der Waals surface area contributed by atoms with Crippen molar-refractivity contribution in [2.45, 2.75) is 24.8 Å². The number of rotatable bonds is 4. The number of carbonyl (C=O) groups is 2. The van der Waals surface area contributed by atoms with Gasteiger partial charge in [0.25, 0.3) is 11.8 Å². The van der Waals surface area contributed by atoms with Crippen LogP contribution in [0.5, 0.6) is 0 Å². The summed E-state index contributed by atoms with van der Waals surface area (Å²) in [6.45, 7) is 0. The van der Waals surface area contributed by atoms with Crippen molar-refractivity contribution in [2.75, 3.05) is 19.4 Å². The summed E-state index contributed by atoms with van der Waals surface area (Å²) in [5.41, 5.74) is 7.42. The lowest BCUT2D eigenvalue weighted by Gasteiger charge is -2.29.